The van der Waals surface area contributed by atoms with E-state index in [9.17, 15) is 0 Å². The monoisotopic (exact) mass is 295 g/mol. The van der Waals surface area contributed by atoms with Crippen molar-refractivity contribution in [1.82, 2.24) is 10.3 Å². The van der Waals surface area contributed by atoms with E-state index in [2.05, 4.69) is 36.0 Å². The smallest absolute Gasteiger partial charge is 0.147 e. The van der Waals surface area contributed by atoms with Gasteiger partial charge in [-0.25, -0.2) is 4.98 Å². The summed E-state index contributed by atoms with van der Waals surface area (Å²) < 4.78 is 0. The molecule has 1 aromatic rings. The first-order valence-electron chi connectivity index (χ1n) is 7.73. The molecule has 0 amide bonds. The third-order valence-electron chi connectivity index (χ3n) is 3.88. The van der Waals surface area contributed by atoms with Gasteiger partial charge in [0.2, 0.25) is 0 Å². The standard InChI is InChI=1S/C16H26ClN3/c1-4-5-13-6-7-20(11-13)16-15(17)8-14(10-19-16)9-18-12(2)3/h8,10,12-13,18H,4-7,9,11H2,1-3H3. The largest absolute Gasteiger partial charge is 0.355 e. The zero-order chi connectivity index (χ0) is 14.5. The summed E-state index contributed by atoms with van der Waals surface area (Å²) in [6.45, 7) is 9.54. The number of aromatic nitrogens is 1. The van der Waals surface area contributed by atoms with Crippen LogP contribution in [0.2, 0.25) is 5.02 Å². The van der Waals surface area contributed by atoms with E-state index < -0.39 is 0 Å². The Kier molecular flexibility index (Phi) is 5.67. The average Bonchev–Trinajstić information content (AvgIpc) is 2.85. The van der Waals surface area contributed by atoms with Gasteiger partial charge in [-0.3, -0.25) is 0 Å². The number of nitrogens with zero attached hydrogens (tertiary/aromatic N) is 2. The van der Waals surface area contributed by atoms with E-state index in [1.165, 1.54) is 19.3 Å². The number of hydrogen-bond acceptors (Lipinski definition) is 3. The minimum absolute atomic E-state index is 0.474. The van der Waals surface area contributed by atoms with Gasteiger partial charge in [0.25, 0.3) is 0 Å². The van der Waals surface area contributed by atoms with Crippen molar-refractivity contribution in [1.29, 1.82) is 0 Å². The molecule has 1 fully saturated rings. The summed E-state index contributed by atoms with van der Waals surface area (Å²) in [7, 11) is 0. The van der Waals surface area contributed by atoms with E-state index in [0.717, 1.165) is 42.0 Å². The summed E-state index contributed by atoms with van der Waals surface area (Å²) in [6, 6.07) is 2.52. The average molecular weight is 296 g/mol. The van der Waals surface area contributed by atoms with Crippen LogP contribution in [0.5, 0.6) is 0 Å². The third-order valence-corrected chi connectivity index (χ3v) is 4.15. The van der Waals surface area contributed by atoms with Gasteiger partial charge in [0.1, 0.15) is 5.82 Å². The number of hydrogen-bond donors (Lipinski definition) is 1. The highest BCUT2D eigenvalue weighted by Gasteiger charge is 2.24. The molecular weight excluding hydrogens is 270 g/mol. The highest BCUT2D eigenvalue weighted by atomic mass is 35.5. The molecule has 0 radical (unpaired) electrons. The van der Waals surface area contributed by atoms with Gasteiger partial charge >= 0.3 is 0 Å². The topological polar surface area (TPSA) is 28.2 Å². The number of anilines is 1. The molecule has 1 aliphatic rings. The Morgan fingerprint density at radius 2 is 2.30 bits per heavy atom. The molecule has 3 nitrogen and oxygen atoms in total. The molecule has 0 aromatic carbocycles. The van der Waals surface area contributed by atoms with Crippen LogP contribution in [0.1, 0.15) is 45.6 Å². The Balaban J connectivity index is 1.99. The summed E-state index contributed by atoms with van der Waals surface area (Å²) in [5, 5.41) is 4.17. The van der Waals surface area contributed by atoms with E-state index in [0.29, 0.717) is 6.04 Å². The van der Waals surface area contributed by atoms with Crippen LogP contribution in [-0.4, -0.2) is 24.1 Å². The second-order valence-electron chi connectivity index (χ2n) is 6.07. The van der Waals surface area contributed by atoms with Gasteiger partial charge in [-0.2, -0.15) is 0 Å². The maximum Gasteiger partial charge on any atom is 0.147 e. The normalized spacial score (nSPS) is 19.1. The molecule has 1 aromatic heterocycles. The molecule has 4 heteroatoms. The van der Waals surface area contributed by atoms with E-state index in [1.807, 2.05) is 12.3 Å². The van der Waals surface area contributed by atoms with Gasteiger partial charge in [0.15, 0.2) is 0 Å². The lowest BCUT2D eigenvalue weighted by Crippen LogP contribution is -2.23. The number of rotatable bonds is 6. The highest BCUT2D eigenvalue weighted by Crippen LogP contribution is 2.30. The van der Waals surface area contributed by atoms with Crippen molar-refractivity contribution in [2.24, 2.45) is 5.92 Å². The van der Waals surface area contributed by atoms with Gasteiger partial charge in [-0.15, -0.1) is 0 Å². The Hall–Kier alpha value is -0.800. The van der Waals surface area contributed by atoms with Crippen molar-refractivity contribution in [3.05, 3.63) is 22.8 Å². The lowest BCUT2D eigenvalue weighted by atomic mass is 10.0. The zero-order valence-electron chi connectivity index (χ0n) is 12.8. The lowest BCUT2D eigenvalue weighted by Gasteiger charge is -2.19. The van der Waals surface area contributed by atoms with E-state index in [1.54, 1.807) is 0 Å². The van der Waals surface area contributed by atoms with Gasteiger partial charge in [0.05, 0.1) is 5.02 Å². The van der Waals surface area contributed by atoms with Crippen molar-refractivity contribution >= 4 is 17.4 Å². The fourth-order valence-corrected chi connectivity index (χ4v) is 3.10. The van der Waals surface area contributed by atoms with Gasteiger partial charge in [-0.1, -0.05) is 38.8 Å². The van der Waals surface area contributed by atoms with Crippen LogP contribution in [0.3, 0.4) is 0 Å². The van der Waals surface area contributed by atoms with Gasteiger partial charge in [-0.05, 0) is 30.4 Å². The quantitative estimate of drug-likeness (QED) is 0.864. The first-order valence-corrected chi connectivity index (χ1v) is 8.10. The first-order chi connectivity index (χ1) is 9.60. The molecule has 0 bridgehead atoms. The summed E-state index contributed by atoms with van der Waals surface area (Å²) in [5.74, 6) is 1.76. The molecule has 1 unspecified atom stereocenters. The Morgan fingerprint density at radius 3 is 2.95 bits per heavy atom. The van der Waals surface area contributed by atoms with Crippen molar-refractivity contribution in [2.75, 3.05) is 18.0 Å². The fraction of sp³-hybridized carbons (Fsp3) is 0.688. The van der Waals surface area contributed by atoms with Crippen LogP contribution in [0.25, 0.3) is 0 Å². The summed E-state index contributed by atoms with van der Waals surface area (Å²) in [4.78, 5) is 6.92. The van der Waals surface area contributed by atoms with Crippen molar-refractivity contribution in [3.63, 3.8) is 0 Å². The third kappa shape index (κ3) is 4.10. The lowest BCUT2D eigenvalue weighted by molar-refractivity contribution is 0.529. The summed E-state index contributed by atoms with van der Waals surface area (Å²) in [5.41, 5.74) is 1.15. The zero-order valence-corrected chi connectivity index (χ0v) is 13.6. The van der Waals surface area contributed by atoms with Crippen LogP contribution in [0.4, 0.5) is 5.82 Å². The van der Waals surface area contributed by atoms with Crippen LogP contribution < -0.4 is 10.2 Å². The van der Waals surface area contributed by atoms with E-state index in [-0.39, 0.29) is 0 Å². The van der Waals surface area contributed by atoms with Gasteiger partial charge in [0, 0.05) is 31.9 Å². The van der Waals surface area contributed by atoms with Crippen LogP contribution >= 0.6 is 11.6 Å². The minimum Gasteiger partial charge on any atom is -0.355 e. The molecule has 0 aliphatic carbocycles. The van der Waals surface area contributed by atoms with E-state index in [4.69, 9.17) is 11.6 Å². The number of pyridine rings is 1. The number of nitrogens with one attached hydrogen (secondary N) is 1. The molecule has 1 N–H and O–H groups in total. The molecule has 0 spiro atoms. The predicted molar refractivity (Wildman–Crippen MR) is 86.5 cm³/mol. The molecular formula is C16H26ClN3. The minimum atomic E-state index is 0.474. The van der Waals surface area contributed by atoms with Crippen molar-refractivity contribution < 1.29 is 0 Å². The fourth-order valence-electron chi connectivity index (χ4n) is 2.79. The molecule has 1 aliphatic heterocycles. The van der Waals surface area contributed by atoms with Crippen molar-refractivity contribution in [2.45, 2.75) is 52.6 Å². The molecule has 112 valence electrons. The second-order valence-corrected chi connectivity index (χ2v) is 6.48. The Morgan fingerprint density at radius 1 is 1.50 bits per heavy atom. The molecule has 2 heterocycles. The van der Waals surface area contributed by atoms with Gasteiger partial charge < -0.3 is 10.2 Å². The summed E-state index contributed by atoms with van der Waals surface area (Å²) >= 11 is 6.42. The second kappa shape index (κ2) is 7.28. The van der Waals surface area contributed by atoms with Crippen LogP contribution in [0, 0.1) is 5.92 Å². The molecule has 20 heavy (non-hydrogen) atoms. The molecule has 1 atom stereocenters. The first kappa shape index (κ1) is 15.6. The molecule has 1 saturated heterocycles. The molecule has 2 rings (SSSR count). The Bertz CT molecular complexity index is 434. The van der Waals surface area contributed by atoms with Crippen LogP contribution in [-0.2, 0) is 6.54 Å². The predicted octanol–water partition coefficient (Wildman–Crippen LogP) is 3.86. The molecule has 0 saturated carbocycles. The SMILES string of the molecule is CCCC1CCN(c2ncc(CNC(C)C)cc2Cl)C1. The Labute approximate surface area is 127 Å². The maximum atomic E-state index is 6.42. The van der Waals surface area contributed by atoms with Crippen LogP contribution in [0.15, 0.2) is 12.3 Å². The number of halogens is 1. The van der Waals surface area contributed by atoms with E-state index >= 15 is 0 Å². The summed E-state index contributed by atoms with van der Waals surface area (Å²) in [6.07, 6.45) is 5.79. The van der Waals surface area contributed by atoms with Crippen molar-refractivity contribution in [3.8, 4) is 0 Å². The maximum absolute atomic E-state index is 6.42. The highest BCUT2D eigenvalue weighted by molar-refractivity contribution is 6.33.